The molecule has 2 aliphatic heterocycles. The van der Waals surface area contributed by atoms with Crippen molar-refractivity contribution >= 4 is 23.6 Å². The highest BCUT2D eigenvalue weighted by Crippen LogP contribution is 2.22. The number of aliphatic hydroxyl groups is 1. The van der Waals surface area contributed by atoms with Crippen LogP contribution in [-0.2, 0) is 9.59 Å². The second-order valence-corrected chi connectivity index (χ2v) is 6.13. The van der Waals surface area contributed by atoms with Gasteiger partial charge in [0.05, 0.1) is 6.10 Å². The minimum absolute atomic E-state index is 0.0179. The van der Waals surface area contributed by atoms with E-state index in [-0.39, 0.29) is 17.9 Å². The fourth-order valence-corrected chi connectivity index (χ4v) is 3.05. The van der Waals surface area contributed by atoms with Crippen molar-refractivity contribution in [1.82, 2.24) is 4.90 Å². The van der Waals surface area contributed by atoms with Crippen molar-refractivity contribution < 1.29 is 14.7 Å². The predicted octanol–water partition coefficient (Wildman–Crippen LogP) is 1.81. The van der Waals surface area contributed by atoms with Gasteiger partial charge in [-0.1, -0.05) is 12.1 Å². The van der Waals surface area contributed by atoms with E-state index >= 15 is 0 Å². The Balaban J connectivity index is 1.59. The van der Waals surface area contributed by atoms with Crippen molar-refractivity contribution in [2.24, 2.45) is 0 Å². The summed E-state index contributed by atoms with van der Waals surface area (Å²) in [6, 6.07) is 7.69. The number of aliphatic hydroxyl groups excluding tert-OH is 1. The van der Waals surface area contributed by atoms with Gasteiger partial charge in [-0.25, -0.2) is 0 Å². The summed E-state index contributed by atoms with van der Waals surface area (Å²) < 4.78 is 0. The molecule has 5 heteroatoms. The summed E-state index contributed by atoms with van der Waals surface area (Å²) in [7, 11) is 0. The molecule has 0 saturated carbocycles. The van der Waals surface area contributed by atoms with Gasteiger partial charge < -0.3 is 14.9 Å². The summed E-state index contributed by atoms with van der Waals surface area (Å²) >= 11 is 0. The number of hydrogen-bond acceptors (Lipinski definition) is 3. The number of rotatable bonds is 3. The van der Waals surface area contributed by atoms with Crippen molar-refractivity contribution in [2.45, 2.75) is 31.8 Å². The van der Waals surface area contributed by atoms with E-state index in [1.165, 1.54) is 0 Å². The van der Waals surface area contributed by atoms with Gasteiger partial charge in [-0.05, 0) is 43.0 Å². The number of likely N-dealkylation sites (tertiary alicyclic amines) is 1. The van der Waals surface area contributed by atoms with Gasteiger partial charge in [-0.2, -0.15) is 0 Å². The van der Waals surface area contributed by atoms with E-state index < -0.39 is 0 Å². The first-order valence-corrected chi connectivity index (χ1v) is 8.19. The van der Waals surface area contributed by atoms with Crippen LogP contribution in [0.15, 0.2) is 30.3 Å². The molecule has 1 aromatic carbocycles. The van der Waals surface area contributed by atoms with Crippen LogP contribution < -0.4 is 4.90 Å². The SMILES string of the molecule is O=C(C=Cc1ccc(N2CCCC2=O)cc1)N1CCC(O)CC1. The Bertz CT molecular complexity index is 601. The summed E-state index contributed by atoms with van der Waals surface area (Å²) in [5, 5.41) is 9.47. The standard InChI is InChI=1S/C18H22N2O3/c21-16-9-12-19(13-10-16)17(22)8-5-14-3-6-15(7-4-14)20-11-1-2-18(20)23/h3-8,16,21H,1-2,9-13H2. The molecule has 0 atom stereocenters. The van der Waals surface area contributed by atoms with Crippen LogP contribution in [-0.4, -0.2) is 47.6 Å². The molecule has 1 N–H and O–H groups in total. The third-order valence-electron chi connectivity index (χ3n) is 4.47. The molecule has 0 unspecified atom stereocenters. The predicted molar refractivity (Wildman–Crippen MR) is 88.9 cm³/mol. The first-order valence-electron chi connectivity index (χ1n) is 8.19. The largest absolute Gasteiger partial charge is 0.393 e. The molecule has 0 spiro atoms. The van der Waals surface area contributed by atoms with Gasteiger partial charge in [-0.3, -0.25) is 9.59 Å². The molecule has 2 fully saturated rings. The van der Waals surface area contributed by atoms with Crippen molar-refractivity contribution in [3.05, 3.63) is 35.9 Å². The number of nitrogens with zero attached hydrogens (tertiary/aromatic N) is 2. The average molecular weight is 314 g/mol. The zero-order valence-corrected chi connectivity index (χ0v) is 13.1. The van der Waals surface area contributed by atoms with E-state index in [0.717, 1.165) is 24.2 Å². The summed E-state index contributed by atoms with van der Waals surface area (Å²) in [5.74, 6) is 0.159. The Morgan fingerprint density at radius 3 is 2.43 bits per heavy atom. The van der Waals surface area contributed by atoms with Gasteiger partial charge in [0.1, 0.15) is 0 Å². The Morgan fingerprint density at radius 2 is 1.83 bits per heavy atom. The Morgan fingerprint density at radius 1 is 1.13 bits per heavy atom. The maximum Gasteiger partial charge on any atom is 0.246 e. The van der Waals surface area contributed by atoms with Crippen molar-refractivity contribution in [3.8, 4) is 0 Å². The van der Waals surface area contributed by atoms with Gasteiger partial charge in [-0.15, -0.1) is 0 Å². The lowest BCUT2D eigenvalue weighted by Crippen LogP contribution is -2.39. The van der Waals surface area contributed by atoms with Crippen LogP contribution in [0.5, 0.6) is 0 Å². The van der Waals surface area contributed by atoms with Crippen LogP contribution in [0.1, 0.15) is 31.2 Å². The summed E-state index contributed by atoms with van der Waals surface area (Å²) in [5.41, 5.74) is 1.85. The number of piperidine rings is 1. The van der Waals surface area contributed by atoms with Crippen LogP contribution in [0.4, 0.5) is 5.69 Å². The van der Waals surface area contributed by atoms with E-state index in [2.05, 4.69) is 0 Å². The Hall–Kier alpha value is -2.14. The number of hydrogen-bond donors (Lipinski definition) is 1. The minimum Gasteiger partial charge on any atom is -0.393 e. The van der Waals surface area contributed by atoms with Gasteiger partial charge in [0, 0.05) is 37.8 Å². The van der Waals surface area contributed by atoms with Gasteiger partial charge in [0.2, 0.25) is 11.8 Å². The molecule has 2 aliphatic rings. The smallest absolute Gasteiger partial charge is 0.246 e. The first-order chi connectivity index (χ1) is 11.1. The van der Waals surface area contributed by atoms with Crippen molar-refractivity contribution in [3.63, 3.8) is 0 Å². The second-order valence-electron chi connectivity index (χ2n) is 6.13. The topological polar surface area (TPSA) is 60.9 Å². The summed E-state index contributed by atoms with van der Waals surface area (Å²) in [6.07, 6.45) is 5.94. The third kappa shape index (κ3) is 3.79. The molecule has 2 amide bonds. The number of anilines is 1. The highest BCUT2D eigenvalue weighted by molar-refractivity contribution is 5.95. The fraction of sp³-hybridized carbons (Fsp3) is 0.444. The molecule has 5 nitrogen and oxygen atoms in total. The molecule has 0 aliphatic carbocycles. The maximum absolute atomic E-state index is 12.1. The monoisotopic (exact) mass is 314 g/mol. The molecule has 0 bridgehead atoms. The molecule has 2 saturated heterocycles. The van der Waals surface area contributed by atoms with Crippen LogP contribution in [0, 0.1) is 0 Å². The molecule has 0 radical (unpaired) electrons. The Labute approximate surface area is 136 Å². The number of amides is 2. The number of carbonyl (C=O) groups excluding carboxylic acids is 2. The lowest BCUT2D eigenvalue weighted by Gasteiger charge is -2.28. The molecule has 2 heterocycles. The van der Waals surface area contributed by atoms with Crippen molar-refractivity contribution in [1.29, 1.82) is 0 Å². The molecule has 23 heavy (non-hydrogen) atoms. The highest BCUT2D eigenvalue weighted by Gasteiger charge is 2.21. The van der Waals surface area contributed by atoms with Crippen molar-refractivity contribution in [2.75, 3.05) is 24.5 Å². The first kappa shape index (κ1) is 15.7. The zero-order chi connectivity index (χ0) is 16.2. The third-order valence-corrected chi connectivity index (χ3v) is 4.47. The highest BCUT2D eigenvalue weighted by atomic mass is 16.3. The number of benzene rings is 1. The Kier molecular flexibility index (Phi) is 4.76. The van der Waals surface area contributed by atoms with Gasteiger partial charge in [0.25, 0.3) is 0 Å². The van der Waals surface area contributed by atoms with Crippen LogP contribution in [0.25, 0.3) is 6.08 Å². The van der Waals surface area contributed by atoms with E-state index in [4.69, 9.17) is 0 Å². The van der Waals surface area contributed by atoms with E-state index in [1.807, 2.05) is 24.3 Å². The quantitative estimate of drug-likeness (QED) is 0.866. The fourth-order valence-electron chi connectivity index (χ4n) is 3.05. The molecule has 0 aromatic heterocycles. The maximum atomic E-state index is 12.1. The lowest BCUT2D eigenvalue weighted by molar-refractivity contribution is -0.127. The van der Waals surface area contributed by atoms with Gasteiger partial charge >= 0.3 is 0 Å². The summed E-state index contributed by atoms with van der Waals surface area (Å²) in [6.45, 7) is 2.01. The molecular weight excluding hydrogens is 292 g/mol. The molecule has 1 aromatic rings. The normalized spacial score (nSPS) is 19.8. The average Bonchev–Trinajstić information content (AvgIpc) is 3.00. The van der Waals surface area contributed by atoms with Crippen LogP contribution >= 0.6 is 0 Å². The molecule has 122 valence electrons. The van der Waals surface area contributed by atoms with Crippen LogP contribution in [0.2, 0.25) is 0 Å². The lowest BCUT2D eigenvalue weighted by atomic mass is 10.1. The number of carbonyl (C=O) groups is 2. The minimum atomic E-state index is -0.274. The second kappa shape index (κ2) is 6.96. The molecular formula is C18H22N2O3. The molecule has 3 rings (SSSR count). The summed E-state index contributed by atoms with van der Waals surface area (Å²) in [4.78, 5) is 27.4. The van der Waals surface area contributed by atoms with E-state index in [9.17, 15) is 14.7 Å². The van der Waals surface area contributed by atoms with Crippen LogP contribution in [0.3, 0.4) is 0 Å². The van der Waals surface area contributed by atoms with E-state index in [0.29, 0.717) is 32.4 Å². The zero-order valence-electron chi connectivity index (χ0n) is 13.1. The van der Waals surface area contributed by atoms with Gasteiger partial charge in [0.15, 0.2) is 0 Å². The van der Waals surface area contributed by atoms with E-state index in [1.54, 1.807) is 22.0 Å².